The molecule has 0 radical (unpaired) electrons. The average Bonchev–Trinajstić information content (AvgIpc) is 2.20. The third kappa shape index (κ3) is 2.08. The first-order valence-electron chi connectivity index (χ1n) is 3.82. The lowest BCUT2D eigenvalue weighted by Crippen LogP contribution is -1.98. The van der Waals surface area contributed by atoms with Crippen molar-refractivity contribution in [3.8, 4) is 0 Å². The number of halogens is 3. The second kappa shape index (κ2) is 4.77. The van der Waals surface area contributed by atoms with Gasteiger partial charge >= 0.3 is 0 Å². The second-order valence-corrected chi connectivity index (χ2v) is 3.79. The maximum atomic E-state index is 13.4. The van der Waals surface area contributed by atoms with Gasteiger partial charge in [0.05, 0.1) is 4.47 Å². The van der Waals surface area contributed by atoms with Crippen LogP contribution in [0.1, 0.15) is 12.5 Å². The summed E-state index contributed by atoms with van der Waals surface area (Å²) in [5.74, 6) is -0.579. The van der Waals surface area contributed by atoms with Crippen LogP contribution in [-0.4, -0.2) is 5.21 Å². The maximum absolute atomic E-state index is 13.4. The largest absolute Gasteiger partial charge is 0.291 e. The molecule has 0 spiro atoms. The Balaban J connectivity index is 3.38. The van der Waals surface area contributed by atoms with Crippen LogP contribution in [0.25, 0.3) is 5.03 Å². The van der Waals surface area contributed by atoms with E-state index in [0.29, 0.717) is 10.6 Å². The Morgan fingerprint density at radius 3 is 2.79 bits per heavy atom. The van der Waals surface area contributed by atoms with E-state index in [9.17, 15) is 4.39 Å². The molecule has 0 aliphatic heterocycles. The third-order valence-electron chi connectivity index (χ3n) is 1.72. The molecule has 2 N–H and O–H groups in total. The van der Waals surface area contributed by atoms with E-state index in [4.69, 9.17) is 16.8 Å². The molecule has 0 bridgehead atoms. The minimum absolute atomic E-state index is 0.0394. The quantitative estimate of drug-likeness (QED) is 0.803. The summed E-state index contributed by atoms with van der Waals surface area (Å²) in [4.78, 5) is 0. The Hall–Kier alpha value is -0.580. The van der Waals surface area contributed by atoms with E-state index in [2.05, 4.69) is 15.9 Å². The first kappa shape index (κ1) is 11.5. The van der Waals surface area contributed by atoms with Crippen molar-refractivity contribution in [1.82, 2.24) is 0 Å². The number of anilines is 1. The molecule has 1 rings (SSSR count). The molecule has 0 saturated heterocycles. The number of hydrogen-bond donors (Lipinski definition) is 2. The van der Waals surface area contributed by atoms with E-state index in [1.165, 1.54) is 6.07 Å². The molecular formula is C9H8BrClFNO. The summed E-state index contributed by atoms with van der Waals surface area (Å²) in [7, 11) is 0. The summed E-state index contributed by atoms with van der Waals surface area (Å²) in [5.41, 5.74) is 2.16. The lowest BCUT2D eigenvalue weighted by molar-refractivity contribution is 0.383. The van der Waals surface area contributed by atoms with Crippen LogP contribution < -0.4 is 5.48 Å². The Kier molecular flexibility index (Phi) is 3.92. The normalized spacial score (nSPS) is 11.6. The summed E-state index contributed by atoms with van der Waals surface area (Å²) in [5, 5.41) is 9.14. The summed E-state index contributed by atoms with van der Waals surface area (Å²) >= 11 is 8.83. The minimum atomic E-state index is -0.579. The van der Waals surface area contributed by atoms with E-state index >= 15 is 0 Å². The van der Waals surface area contributed by atoms with Gasteiger partial charge in [0.1, 0.15) is 5.69 Å². The molecule has 0 amide bonds. The molecule has 0 atom stereocenters. The molecule has 1 aromatic carbocycles. The number of hydrogen-bond acceptors (Lipinski definition) is 2. The van der Waals surface area contributed by atoms with Gasteiger partial charge in [0.25, 0.3) is 0 Å². The predicted molar refractivity (Wildman–Crippen MR) is 59.0 cm³/mol. The highest BCUT2D eigenvalue weighted by Gasteiger charge is 2.12. The molecule has 2 nitrogen and oxygen atoms in total. The van der Waals surface area contributed by atoms with Crippen LogP contribution in [0.5, 0.6) is 0 Å². The summed E-state index contributed by atoms with van der Waals surface area (Å²) < 4.78 is 13.7. The van der Waals surface area contributed by atoms with Crippen molar-refractivity contribution < 1.29 is 9.60 Å². The van der Waals surface area contributed by atoms with Crippen LogP contribution in [0.3, 0.4) is 0 Å². The Bertz CT molecular complexity index is 381. The average molecular weight is 281 g/mol. The minimum Gasteiger partial charge on any atom is -0.291 e. The highest BCUT2D eigenvalue weighted by Crippen LogP contribution is 2.32. The van der Waals surface area contributed by atoms with Crippen molar-refractivity contribution in [3.63, 3.8) is 0 Å². The fraction of sp³-hybridized carbons (Fsp3) is 0.111. The maximum Gasteiger partial charge on any atom is 0.163 e. The molecule has 0 fully saturated rings. The molecule has 0 aliphatic rings. The molecule has 76 valence electrons. The van der Waals surface area contributed by atoms with E-state index in [0.717, 1.165) is 0 Å². The summed E-state index contributed by atoms with van der Waals surface area (Å²) in [6.45, 7) is 1.73. The van der Waals surface area contributed by atoms with Gasteiger partial charge in [-0.3, -0.25) is 10.7 Å². The van der Waals surface area contributed by atoms with Crippen molar-refractivity contribution in [2.75, 3.05) is 5.48 Å². The fourth-order valence-corrected chi connectivity index (χ4v) is 1.50. The molecule has 1 aromatic rings. The van der Waals surface area contributed by atoms with Crippen molar-refractivity contribution in [1.29, 1.82) is 0 Å². The van der Waals surface area contributed by atoms with E-state index < -0.39 is 5.82 Å². The van der Waals surface area contributed by atoms with Gasteiger partial charge in [0, 0.05) is 10.6 Å². The second-order valence-electron chi connectivity index (χ2n) is 2.53. The first-order valence-corrected chi connectivity index (χ1v) is 4.99. The fourth-order valence-electron chi connectivity index (χ4n) is 1.01. The van der Waals surface area contributed by atoms with E-state index in [-0.39, 0.29) is 10.2 Å². The molecule has 0 aliphatic carbocycles. The zero-order valence-corrected chi connectivity index (χ0v) is 9.66. The lowest BCUT2D eigenvalue weighted by atomic mass is 10.1. The molecule has 0 saturated carbocycles. The van der Waals surface area contributed by atoms with Gasteiger partial charge in [0.2, 0.25) is 0 Å². The van der Waals surface area contributed by atoms with Crippen LogP contribution in [0.4, 0.5) is 10.1 Å². The Labute approximate surface area is 94.5 Å². The van der Waals surface area contributed by atoms with Gasteiger partial charge < -0.3 is 0 Å². The molecule has 14 heavy (non-hydrogen) atoms. The highest BCUT2D eigenvalue weighted by atomic mass is 79.9. The topological polar surface area (TPSA) is 32.3 Å². The van der Waals surface area contributed by atoms with Crippen molar-refractivity contribution in [2.24, 2.45) is 0 Å². The highest BCUT2D eigenvalue weighted by molar-refractivity contribution is 9.10. The first-order chi connectivity index (χ1) is 6.61. The zero-order chi connectivity index (χ0) is 10.7. The summed E-state index contributed by atoms with van der Waals surface area (Å²) in [6, 6.07) is 3.13. The third-order valence-corrected chi connectivity index (χ3v) is 2.75. The predicted octanol–water partition coefficient (Wildman–Crippen LogP) is 3.99. The van der Waals surface area contributed by atoms with Crippen LogP contribution in [0.2, 0.25) is 0 Å². The lowest BCUT2D eigenvalue weighted by Gasteiger charge is -2.09. The van der Waals surface area contributed by atoms with Crippen LogP contribution >= 0.6 is 27.5 Å². The van der Waals surface area contributed by atoms with E-state index in [1.807, 2.05) is 0 Å². The summed E-state index contributed by atoms with van der Waals surface area (Å²) in [6.07, 6.45) is 1.62. The van der Waals surface area contributed by atoms with Gasteiger partial charge in [-0.2, -0.15) is 0 Å². The molecule has 0 aromatic heterocycles. The molecule has 0 unspecified atom stereocenters. The molecule has 0 heterocycles. The van der Waals surface area contributed by atoms with E-state index in [1.54, 1.807) is 24.5 Å². The van der Waals surface area contributed by atoms with Gasteiger partial charge in [0.15, 0.2) is 5.82 Å². The Morgan fingerprint density at radius 1 is 1.64 bits per heavy atom. The van der Waals surface area contributed by atoms with Crippen molar-refractivity contribution >= 4 is 38.3 Å². The standard InChI is InChI=1S/C9H8BrClFNO/c1-2-7(11)5-3-4-6(10)8(12)9(5)13-14/h2-4,13-14H,1H3/b7-2+. The van der Waals surface area contributed by atoms with Crippen LogP contribution in [0.15, 0.2) is 22.7 Å². The monoisotopic (exact) mass is 279 g/mol. The van der Waals surface area contributed by atoms with Gasteiger partial charge in [-0.05, 0) is 35.0 Å². The Morgan fingerprint density at radius 2 is 2.29 bits per heavy atom. The SMILES string of the molecule is C/C=C(/Cl)c1ccc(Br)c(F)c1NO. The number of rotatable bonds is 2. The number of allylic oxidation sites excluding steroid dienone is 1. The zero-order valence-electron chi connectivity index (χ0n) is 7.31. The van der Waals surface area contributed by atoms with Gasteiger partial charge in [-0.1, -0.05) is 17.7 Å². The number of benzene rings is 1. The number of nitrogens with one attached hydrogen (secondary N) is 1. The van der Waals surface area contributed by atoms with Crippen molar-refractivity contribution in [3.05, 3.63) is 34.1 Å². The smallest absolute Gasteiger partial charge is 0.163 e. The van der Waals surface area contributed by atoms with Gasteiger partial charge in [-0.15, -0.1) is 0 Å². The van der Waals surface area contributed by atoms with Crippen LogP contribution in [-0.2, 0) is 0 Å². The van der Waals surface area contributed by atoms with Gasteiger partial charge in [-0.25, -0.2) is 4.39 Å². The molecule has 5 heteroatoms. The molecular weight excluding hydrogens is 272 g/mol. The van der Waals surface area contributed by atoms with Crippen molar-refractivity contribution in [2.45, 2.75) is 6.92 Å². The van der Waals surface area contributed by atoms with Crippen LogP contribution in [0, 0.1) is 5.82 Å².